The van der Waals surface area contributed by atoms with E-state index in [1.165, 1.54) is 25.7 Å². The Balaban J connectivity index is 4.52. The maximum absolute atomic E-state index is 12.7. The van der Waals surface area contributed by atoms with Crippen molar-refractivity contribution in [3.63, 3.8) is 0 Å². The minimum atomic E-state index is -0.806. The topological polar surface area (TPSA) is 161 Å². The van der Waals surface area contributed by atoms with E-state index in [2.05, 4.69) is 22.5 Å². The molecule has 0 bridgehead atoms. The predicted molar refractivity (Wildman–Crippen MR) is 134 cm³/mol. The first-order valence-corrected chi connectivity index (χ1v) is 12.3. The molecule has 0 fully saturated rings. The summed E-state index contributed by atoms with van der Waals surface area (Å²) in [6, 6.07) is -0.802. The molecule has 0 aliphatic heterocycles. The first-order valence-electron chi connectivity index (χ1n) is 12.3. The lowest BCUT2D eigenvalue weighted by Crippen LogP contribution is -2.50. The van der Waals surface area contributed by atoms with Crippen LogP contribution in [-0.2, 0) is 14.3 Å². The van der Waals surface area contributed by atoms with Crippen molar-refractivity contribution < 1.29 is 19.4 Å². The van der Waals surface area contributed by atoms with Gasteiger partial charge < -0.3 is 21.1 Å². The summed E-state index contributed by atoms with van der Waals surface area (Å²) < 4.78 is 5.54. The molecule has 5 N–H and O–H groups in total. The lowest BCUT2D eigenvalue weighted by atomic mass is 9.88. The summed E-state index contributed by atoms with van der Waals surface area (Å²) in [6.07, 6.45) is 8.42. The Hall–Kier alpha value is -2.37. The number of unbranched alkanes of at least 4 members (excludes halogenated alkanes) is 5. The Bertz CT molecular complexity index is 621. The number of nitrogens with zero attached hydrogens (tertiary/aromatic N) is 2. The molecule has 0 aliphatic rings. The number of guanidine groups is 1. The van der Waals surface area contributed by atoms with Gasteiger partial charge in [0.05, 0.1) is 14.5 Å². The monoisotopic (exact) mass is 482 g/mol. The Morgan fingerprint density at radius 1 is 1.09 bits per heavy atom. The molecule has 0 unspecified atom stereocenters. The van der Waals surface area contributed by atoms with Gasteiger partial charge in [0.15, 0.2) is 5.03 Å². The standard InChI is InChI=1S/C22H43BN6O5/c1-4-5-6-7-8-9-14-34-15-12-20(30)26-18(21(31)27-19(23)16-17(2)3)11-10-13-25-22(24)28-29(32)33/h17-19H,4-16H2,1-3H3,(H,26,30)(H,27,31)(H3,24,25,28)/t18-,19-/m0/s1. The Morgan fingerprint density at radius 3 is 2.41 bits per heavy atom. The molecule has 0 saturated heterocycles. The third-order valence-corrected chi connectivity index (χ3v) is 4.96. The quantitative estimate of drug-likeness (QED) is 0.0513. The molecule has 0 saturated carbocycles. The number of nitrogens with two attached hydrogens (primary N) is 1. The number of ether oxygens (including phenoxy) is 1. The van der Waals surface area contributed by atoms with E-state index in [-0.39, 0.29) is 43.8 Å². The number of hydrazine groups is 1. The van der Waals surface area contributed by atoms with Gasteiger partial charge in [-0.2, -0.15) is 0 Å². The van der Waals surface area contributed by atoms with Crippen molar-refractivity contribution in [1.29, 1.82) is 0 Å². The Morgan fingerprint density at radius 2 is 1.76 bits per heavy atom. The van der Waals surface area contributed by atoms with Crippen LogP contribution in [0.4, 0.5) is 0 Å². The number of rotatable bonds is 20. The molecule has 0 aliphatic carbocycles. The van der Waals surface area contributed by atoms with E-state index in [1.54, 1.807) is 5.43 Å². The third kappa shape index (κ3) is 19.1. The molecule has 194 valence electrons. The summed E-state index contributed by atoms with van der Waals surface area (Å²) in [5, 5.41) is 15.0. The van der Waals surface area contributed by atoms with Crippen LogP contribution in [0.1, 0.15) is 85.0 Å². The lowest BCUT2D eigenvalue weighted by molar-refractivity contribution is -0.525. The van der Waals surface area contributed by atoms with Crippen LogP contribution in [0.25, 0.3) is 0 Å². The summed E-state index contributed by atoms with van der Waals surface area (Å²) in [6.45, 7) is 7.24. The number of aliphatic imine (C=N–C) groups is 1. The fourth-order valence-corrected chi connectivity index (χ4v) is 3.26. The number of nitrogens with one attached hydrogen (secondary N) is 3. The highest BCUT2D eigenvalue weighted by atomic mass is 16.7. The zero-order chi connectivity index (χ0) is 25.8. The van der Waals surface area contributed by atoms with E-state index in [1.807, 2.05) is 13.8 Å². The Kier molecular flexibility index (Phi) is 18.7. The number of carbonyl (C=O) groups excluding carboxylic acids is 2. The highest BCUT2D eigenvalue weighted by molar-refractivity contribution is 6.13. The number of hydrogen-bond acceptors (Lipinski definition) is 6. The predicted octanol–water partition coefficient (Wildman–Crippen LogP) is 1.77. The molecule has 0 rings (SSSR count). The van der Waals surface area contributed by atoms with E-state index in [4.69, 9.17) is 18.3 Å². The summed E-state index contributed by atoms with van der Waals surface area (Å²) in [4.78, 5) is 39.2. The first kappa shape index (κ1) is 31.6. The fourth-order valence-electron chi connectivity index (χ4n) is 3.26. The van der Waals surface area contributed by atoms with Gasteiger partial charge in [-0.05, 0) is 37.5 Å². The molecule has 2 radical (unpaired) electrons. The maximum atomic E-state index is 12.7. The zero-order valence-corrected chi connectivity index (χ0v) is 21.0. The van der Waals surface area contributed by atoms with Crippen molar-refractivity contribution in [2.24, 2.45) is 16.6 Å². The smallest absolute Gasteiger partial charge is 0.251 e. The fraction of sp³-hybridized carbons (Fsp3) is 0.864. The second kappa shape index (κ2) is 20.0. The average molecular weight is 482 g/mol. The number of amides is 2. The Labute approximate surface area is 204 Å². The lowest BCUT2D eigenvalue weighted by Gasteiger charge is -2.22. The van der Waals surface area contributed by atoms with E-state index < -0.39 is 17.0 Å². The van der Waals surface area contributed by atoms with Crippen molar-refractivity contribution >= 4 is 25.6 Å². The molecule has 11 nitrogen and oxygen atoms in total. The van der Waals surface area contributed by atoms with Gasteiger partial charge in [-0.1, -0.05) is 58.3 Å². The molecule has 0 spiro atoms. The molecule has 0 aromatic rings. The third-order valence-electron chi connectivity index (χ3n) is 4.96. The molecular weight excluding hydrogens is 439 g/mol. The van der Waals surface area contributed by atoms with Gasteiger partial charge in [-0.15, -0.1) is 0 Å². The van der Waals surface area contributed by atoms with Crippen LogP contribution in [0.15, 0.2) is 4.99 Å². The van der Waals surface area contributed by atoms with E-state index in [9.17, 15) is 19.7 Å². The first-order chi connectivity index (χ1) is 16.1. The molecule has 2 amide bonds. The number of nitro groups is 1. The molecule has 2 atom stereocenters. The molecular formula is C22H43BN6O5. The zero-order valence-electron chi connectivity index (χ0n) is 21.0. The van der Waals surface area contributed by atoms with Gasteiger partial charge in [0, 0.05) is 19.6 Å². The van der Waals surface area contributed by atoms with Crippen LogP contribution in [0, 0.1) is 16.0 Å². The van der Waals surface area contributed by atoms with E-state index in [0.717, 1.165) is 12.8 Å². The van der Waals surface area contributed by atoms with Gasteiger partial charge in [0.1, 0.15) is 6.04 Å². The average Bonchev–Trinajstić information content (AvgIpc) is 2.73. The summed E-state index contributed by atoms with van der Waals surface area (Å²) in [5.74, 6) is -1.21. The molecule has 0 aromatic carbocycles. The van der Waals surface area contributed by atoms with Crippen LogP contribution in [-0.4, -0.2) is 62.4 Å². The largest absolute Gasteiger partial charge is 0.381 e. The summed E-state index contributed by atoms with van der Waals surface area (Å²) in [7, 11) is 5.97. The van der Waals surface area contributed by atoms with E-state index >= 15 is 0 Å². The van der Waals surface area contributed by atoms with Crippen molar-refractivity contribution in [1.82, 2.24) is 16.1 Å². The van der Waals surface area contributed by atoms with Gasteiger partial charge in [-0.25, -0.2) is 15.1 Å². The normalized spacial score (nSPS) is 13.4. The summed E-state index contributed by atoms with van der Waals surface area (Å²) in [5.41, 5.74) is 7.13. The highest BCUT2D eigenvalue weighted by Gasteiger charge is 2.22. The highest BCUT2D eigenvalue weighted by Crippen LogP contribution is 2.06. The van der Waals surface area contributed by atoms with Gasteiger partial charge in [-0.3, -0.25) is 9.59 Å². The van der Waals surface area contributed by atoms with Crippen molar-refractivity contribution in [2.75, 3.05) is 19.8 Å². The van der Waals surface area contributed by atoms with Crippen LogP contribution in [0.2, 0.25) is 0 Å². The van der Waals surface area contributed by atoms with Crippen LogP contribution >= 0.6 is 0 Å². The minimum Gasteiger partial charge on any atom is -0.381 e. The molecule has 12 heteroatoms. The van der Waals surface area contributed by atoms with Crippen molar-refractivity contribution in [3.8, 4) is 0 Å². The van der Waals surface area contributed by atoms with Gasteiger partial charge in [0.25, 0.3) is 5.96 Å². The van der Waals surface area contributed by atoms with E-state index in [0.29, 0.717) is 25.4 Å². The second-order valence-electron chi connectivity index (χ2n) is 8.77. The minimum absolute atomic E-state index is 0.148. The SMILES string of the molecule is [B][C@H](CC(C)C)NC(=O)[C@H](CCCN=C(N)N[N+](=O)[O-])NC(=O)CCOCCCCCCCC. The van der Waals surface area contributed by atoms with Gasteiger partial charge >= 0.3 is 0 Å². The second-order valence-corrected chi connectivity index (χ2v) is 8.77. The van der Waals surface area contributed by atoms with Crippen LogP contribution < -0.4 is 21.8 Å². The maximum Gasteiger partial charge on any atom is 0.251 e. The molecule has 0 heterocycles. The number of hydrogen-bond donors (Lipinski definition) is 4. The van der Waals surface area contributed by atoms with Crippen molar-refractivity contribution in [3.05, 3.63) is 10.1 Å². The number of carbonyl (C=O) groups is 2. The molecule has 34 heavy (non-hydrogen) atoms. The van der Waals surface area contributed by atoms with Gasteiger partial charge in [0.2, 0.25) is 11.8 Å². The van der Waals surface area contributed by atoms with Crippen LogP contribution in [0.5, 0.6) is 0 Å². The summed E-state index contributed by atoms with van der Waals surface area (Å²) >= 11 is 0. The van der Waals surface area contributed by atoms with Crippen molar-refractivity contribution in [2.45, 2.75) is 97.0 Å². The molecule has 0 aromatic heterocycles. The van der Waals surface area contributed by atoms with Crippen LogP contribution in [0.3, 0.4) is 0 Å².